The van der Waals surface area contributed by atoms with Crippen LogP contribution in [0.1, 0.15) is 28.4 Å². The Balaban J connectivity index is 1.35. The number of esters is 1. The van der Waals surface area contributed by atoms with Crippen LogP contribution in [0, 0.1) is 0 Å². The van der Waals surface area contributed by atoms with Gasteiger partial charge in [0, 0.05) is 5.69 Å². The van der Waals surface area contributed by atoms with Gasteiger partial charge >= 0.3 is 5.97 Å². The van der Waals surface area contributed by atoms with E-state index in [9.17, 15) is 14.4 Å². The van der Waals surface area contributed by atoms with Crippen molar-refractivity contribution in [1.82, 2.24) is 0 Å². The number of nitrogens with one attached hydrogen (secondary N) is 2. The molecule has 0 heterocycles. The Bertz CT molecular complexity index is 1980. The van der Waals surface area contributed by atoms with Crippen molar-refractivity contribution in [2.75, 3.05) is 45.2 Å². The maximum absolute atomic E-state index is 13.7. The lowest BCUT2D eigenvalue weighted by molar-refractivity contribution is -0.141. The highest BCUT2D eigenvalue weighted by atomic mass is 16.5. The van der Waals surface area contributed by atoms with Crippen LogP contribution in [-0.2, 0) is 14.3 Å². The van der Waals surface area contributed by atoms with Crippen molar-refractivity contribution >= 4 is 40.8 Å². The van der Waals surface area contributed by atoms with Gasteiger partial charge in [0.05, 0.1) is 44.8 Å². The number of hydrogen-bond donors (Lipinski definition) is 2. The molecule has 0 aliphatic carbocycles. The Kier molecular flexibility index (Phi) is 12.1. The molecule has 260 valence electrons. The van der Waals surface area contributed by atoms with Crippen LogP contribution in [0.3, 0.4) is 0 Å². The molecule has 0 aliphatic heterocycles. The molecule has 0 spiro atoms. The van der Waals surface area contributed by atoms with Crippen molar-refractivity contribution in [3.05, 3.63) is 132 Å². The number of anilines is 2. The highest BCUT2D eigenvalue weighted by molar-refractivity contribution is 6.22. The van der Waals surface area contributed by atoms with Gasteiger partial charge in [-0.15, -0.1) is 0 Å². The van der Waals surface area contributed by atoms with E-state index in [0.29, 0.717) is 46.4 Å². The molecule has 0 aliphatic rings. The molecule has 51 heavy (non-hydrogen) atoms. The first-order valence-corrected chi connectivity index (χ1v) is 16.1. The molecule has 5 aromatic carbocycles. The zero-order chi connectivity index (χ0) is 36.2. The van der Waals surface area contributed by atoms with Crippen LogP contribution in [0.5, 0.6) is 23.0 Å². The summed E-state index contributed by atoms with van der Waals surface area (Å²) in [5.74, 6) is 0.0901. The van der Waals surface area contributed by atoms with Crippen molar-refractivity contribution in [3.8, 4) is 34.1 Å². The lowest BCUT2D eigenvalue weighted by Crippen LogP contribution is -2.23. The molecule has 0 aromatic heterocycles. The average molecular weight is 687 g/mol. The molecule has 0 atom stereocenters. The number of para-hydroxylation sites is 1. The van der Waals surface area contributed by atoms with Crippen LogP contribution >= 0.6 is 0 Å². The summed E-state index contributed by atoms with van der Waals surface area (Å²) in [6.07, 6.45) is 1.63. The molecule has 5 rings (SSSR count). The lowest BCUT2D eigenvalue weighted by atomic mass is 9.98. The van der Waals surface area contributed by atoms with E-state index >= 15 is 0 Å². The van der Waals surface area contributed by atoms with E-state index in [1.165, 1.54) is 21.3 Å². The van der Waals surface area contributed by atoms with Crippen molar-refractivity contribution in [1.29, 1.82) is 0 Å². The van der Waals surface area contributed by atoms with Gasteiger partial charge in [0.1, 0.15) is 5.75 Å². The van der Waals surface area contributed by atoms with Crippen molar-refractivity contribution < 1.29 is 38.1 Å². The highest BCUT2D eigenvalue weighted by Gasteiger charge is 2.20. The molecular formula is C41H38N2O8. The summed E-state index contributed by atoms with van der Waals surface area (Å²) >= 11 is 0. The molecule has 5 aromatic rings. The third-order valence-corrected chi connectivity index (χ3v) is 7.72. The van der Waals surface area contributed by atoms with Gasteiger partial charge in [0.25, 0.3) is 11.8 Å². The zero-order valence-corrected chi connectivity index (χ0v) is 28.7. The van der Waals surface area contributed by atoms with E-state index in [4.69, 9.17) is 23.7 Å². The van der Waals surface area contributed by atoms with E-state index in [1.807, 2.05) is 61.5 Å². The minimum atomic E-state index is -0.743. The van der Waals surface area contributed by atoms with E-state index < -0.39 is 24.4 Å². The van der Waals surface area contributed by atoms with Gasteiger partial charge in [-0.05, 0) is 83.8 Å². The largest absolute Gasteiger partial charge is 0.494 e. The first-order chi connectivity index (χ1) is 24.8. The predicted molar refractivity (Wildman–Crippen MR) is 197 cm³/mol. The smallest absolute Gasteiger partial charge is 0.339 e. The van der Waals surface area contributed by atoms with Gasteiger partial charge in [-0.3, -0.25) is 9.59 Å². The van der Waals surface area contributed by atoms with Gasteiger partial charge in [-0.2, -0.15) is 0 Å². The summed E-state index contributed by atoms with van der Waals surface area (Å²) < 4.78 is 27.5. The Labute approximate surface area is 296 Å². The predicted octanol–water partition coefficient (Wildman–Crippen LogP) is 7.75. The molecule has 2 amide bonds. The first kappa shape index (κ1) is 35.7. The van der Waals surface area contributed by atoms with Crippen LogP contribution in [0.25, 0.3) is 22.8 Å². The summed E-state index contributed by atoms with van der Waals surface area (Å²) in [4.78, 5) is 40.0. The van der Waals surface area contributed by atoms with Crippen molar-refractivity contribution in [2.24, 2.45) is 0 Å². The maximum Gasteiger partial charge on any atom is 0.339 e. The molecule has 0 fully saturated rings. The van der Waals surface area contributed by atoms with Crippen LogP contribution in [-0.4, -0.2) is 52.3 Å². The van der Waals surface area contributed by atoms with Gasteiger partial charge in [-0.1, -0.05) is 66.7 Å². The molecule has 2 N–H and O–H groups in total. The molecule has 10 nitrogen and oxygen atoms in total. The van der Waals surface area contributed by atoms with Gasteiger partial charge in [-0.25, -0.2) is 4.79 Å². The second-order valence-electron chi connectivity index (χ2n) is 11.0. The summed E-state index contributed by atoms with van der Waals surface area (Å²) in [7, 11) is 4.51. The fourth-order valence-electron chi connectivity index (χ4n) is 5.27. The fourth-order valence-corrected chi connectivity index (χ4v) is 5.27. The Morgan fingerprint density at radius 2 is 1.31 bits per heavy atom. The Morgan fingerprint density at radius 3 is 1.94 bits per heavy atom. The topological polar surface area (TPSA) is 121 Å². The Morgan fingerprint density at radius 1 is 0.686 bits per heavy atom. The highest BCUT2D eigenvalue weighted by Crippen LogP contribution is 2.39. The molecule has 0 saturated heterocycles. The van der Waals surface area contributed by atoms with Crippen molar-refractivity contribution in [3.63, 3.8) is 0 Å². The Hall–Kier alpha value is -6.55. The quantitative estimate of drug-likeness (QED) is 0.0691. The lowest BCUT2D eigenvalue weighted by Gasteiger charge is -2.14. The van der Waals surface area contributed by atoms with Gasteiger partial charge in [0.2, 0.25) is 5.75 Å². The molecule has 0 bridgehead atoms. The average Bonchev–Trinajstić information content (AvgIpc) is 3.17. The van der Waals surface area contributed by atoms with E-state index in [1.54, 1.807) is 66.7 Å². The molecule has 0 radical (unpaired) electrons. The minimum absolute atomic E-state index is 0.187. The SMILES string of the molecule is CCOc1ccc(NC(=O)c2ccccc2NC(=O)COC(=O)C(=Cc2cc(OC)c(OC)c(OC)c2)c2ccc(-c3ccccc3)cc2)cc1. The number of benzene rings is 5. The number of methoxy groups -OCH3 is 3. The third-order valence-electron chi connectivity index (χ3n) is 7.72. The number of ether oxygens (including phenoxy) is 5. The summed E-state index contributed by atoms with van der Waals surface area (Å²) in [5, 5.41) is 5.51. The van der Waals surface area contributed by atoms with Crippen LogP contribution in [0.2, 0.25) is 0 Å². The molecule has 0 unspecified atom stereocenters. The molecule has 0 saturated carbocycles. The minimum Gasteiger partial charge on any atom is -0.494 e. The second kappa shape index (κ2) is 17.2. The zero-order valence-electron chi connectivity index (χ0n) is 28.7. The monoisotopic (exact) mass is 686 g/mol. The summed E-state index contributed by atoms with van der Waals surface area (Å²) in [5.41, 5.74) is 4.34. The second-order valence-corrected chi connectivity index (χ2v) is 11.0. The standard InChI is InChI=1S/C41H38N2O8/c1-5-50-32-21-19-31(20-22-32)42-40(45)33-13-9-10-14-35(33)43-38(44)26-51-41(46)34(23-27-24-36(47-2)39(49-4)37(25-27)48-3)30-17-15-29(16-18-30)28-11-7-6-8-12-28/h6-25H,5,26H2,1-4H3,(H,42,45)(H,43,44). The number of carbonyl (C=O) groups excluding carboxylic acids is 3. The number of rotatable bonds is 14. The summed E-state index contributed by atoms with van der Waals surface area (Å²) in [6.45, 7) is 1.81. The van der Waals surface area contributed by atoms with E-state index in [0.717, 1.165) is 11.1 Å². The van der Waals surface area contributed by atoms with Crippen LogP contribution in [0.4, 0.5) is 11.4 Å². The maximum atomic E-state index is 13.7. The first-order valence-electron chi connectivity index (χ1n) is 16.1. The molecular weight excluding hydrogens is 648 g/mol. The van der Waals surface area contributed by atoms with Gasteiger partial charge in [0.15, 0.2) is 18.1 Å². The number of amides is 2. The normalized spacial score (nSPS) is 10.9. The van der Waals surface area contributed by atoms with Crippen LogP contribution in [0.15, 0.2) is 115 Å². The number of carbonyl (C=O) groups is 3. The van der Waals surface area contributed by atoms with Crippen LogP contribution < -0.4 is 29.6 Å². The number of hydrogen-bond acceptors (Lipinski definition) is 8. The fraction of sp³-hybridized carbons (Fsp3) is 0.146. The van der Waals surface area contributed by atoms with E-state index in [2.05, 4.69) is 10.6 Å². The van der Waals surface area contributed by atoms with E-state index in [-0.39, 0.29) is 16.8 Å². The summed E-state index contributed by atoms with van der Waals surface area (Å²) in [6, 6.07) is 34.2. The van der Waals surface area contributed by atoms with Gasteiger partial charge < -0.3 is 34.3 Å². The third kappa shape index (κ3) is 9.12. The van der Waals surface area contributed by atoms with Crippen molar-refractivity contribution in [2.45, 2.75) is 6.92 Å². The molecule has 10 heteroatoms.